The van der Waals surface area contributed by atoms with Crippen LogP contribution in [0.25, 0.3) is 0 Å². The highest BCUT2D eigenvalue weighted by Crippen LogP contribution is 2.44. The summed E-state index contributed by atoms with van der Waals surface area (Å²) in [6.45, 7) is 13.7. The number of hydrogen-bond acceptors (Lipinski definition) is 3. The first-order valence-corrected chi connectivity index (χ1v) is 8.14. The van der Waals surface area contributed by atoms with Gasteiger partial charge in [0.15, 0.2) is 0 Å². The van der Waals surface area contributed by atoms with Gasteiger partial charge < -0.3 is 15.8 Å². The fraction of sp³-hybridized carbons (Fsp3) is 0.941. The number of nitrogens with one attached hydrogen (secondary N) is 1. The van der Waals surface area contributed by atoms with Crippen LogP contribution in [0.15, 0.2) is 0 Å². The Kier molecular flexibility index (Phi) is 5.70. The largest absolute Gasteiger partial charge is 0.444 e. The summed E-state index contributed by atoms with van der Waals surface area (Å²) in [6, 6.07) is 0. The third kappa shape index (κ3) is 5.85. The van der Waals surface area contributed by atoms with Gasteiger partial charge in [0.2, 0.25) is 0 Å². The van der Waals surface area contributed by atoms with E-state index in [0.717, 1.165) is 0 Å². The minimum Gasteiger partial charge on any atom is -0.444 e. The van der Waals surface area contributed by atoms with Gasteiger partial charge in [-0.2, -0.15) is 0 Å². The lowest BCUT2D eigenvalue weighted by molar-refractivity contribution is 0.0441. The van der Waals surface area contributed by atoms with E-state index in [-0.39, 0.29) is 11.5 Å². The van der Waals surface area contributed by atoms with Gasteiger partial charge >= 0.3 is 6.09 Å². The molecule has 4 heteroatoms. The topological polar surface area (TPSA) is 64.3 Å². The first-order chi connectivity index (χ1) is 9.47. The molecule has 0 aromatic heterocycles. The van der Waals surface area contributed by atoms with Crippen molar-refractivity contribution in [1.29, 1.82) is 0 Å². The summed E-state index contributed by atoms with van der Waals surface area (Å²) in [5.41, 5.74) is 5.97. The van der Waals surface area contributed by atoms with Crippen LogP contribution in [0, 0.1) is 16.7 Å². The Morgan fingerprint density at radius 1 is 1.24 bits per heavy atom. The summed E-state index contributed by atoms with van der Waals surface area (Å²) < 4.78 is 5.31. The standard InChI is InChI=1S/C17H34N2O2/c1-15(2,3)21-14(20)19-12-17(6,11-18)13-7-9-16(4,5)10-8-13/h13H,7-12,18H2,1-6H3,(H,19,20). The molecule has 0 radical (unpaired) electrons. The number of alkyl carbamates (subject to hydrolysis) is 1. The molecule has 1 atom stereocenters. The van der Waals surface area contributed by atoms with Gasteiger partial charge in [0.05, 0.1) is 0 Å². The lowest BCUT2D eigenvalue weighted by Gasteiger charge is -2.43. The fourth-order valence-corrected chi connectivity index (χ4v) is 3.07. The summed E-state index contributed by atoms with van der Waals surface area (Å²) in [4.78, 5) is 11.8. The smallest absolute Gasteiger partial charge is 0.407 e. The van der Waals surface area contributed by atoms with Crippen molar-refractivity contribution >= 4 is 6.09 Å². The normalized spacial score (nSPS) is 22.4. The molecule has 0 spiro atoms. The van der Waals surface area contributed by atoms with Crippen LogP contribution in [0.5, 0.6) is 0 Å². The third-order valence-electron chi connectivity index (χ3n) is 4.83. The molecule has 0 bridgehead atoms. The van der Waals surface area contributed by atoms with Crippen molar-refractivity contribution in [3.63, 3.8) is 0 Å². The first-order valence-electron chi connectivity index (χ1n) is 8.14. The molecule has 0 aromatic carbocycles. The van der Waals surface area contributed by atoms with Crippen LogP contribution >= 0.6 is 0 Å². The van der Waals surface area contributed by atoms with Gasteiger partial charge in [-0.1, -0.05) is 20.8 Å². The molecule has 21 heavy (non-hydrogen) atoms. The third-order valence-corrected chi connectivity index (χ3v) is 4.83. The van der Waals surface area contributed by atoms with Crippen LogP contribution in [-0.2, 0) is 4.74 Å². The van der Waals surface area contributed by atoms with Crippen LogP contribution in [0.3, 0.4) is 0 Å². The molecule has 0 saturated heterocycles. The van der Waals surface area contributed by atoms with Crippen molar-refractivity contribution in [3.8, 4) is 0 Å². The Morgan fingerprint density at radius 3 is 2.19 bits per heavy atom. The number of amides is 1. The predicted molar refractivity (Wildman–Crippen MR) is 87.1 cm³/mol. The van der Waals surface area contributed by atoms with E-state index in [2.05, 4.69) is 26.1 Å². The van der Waals surface area contributed by atoms with Gasteiger partial charge in [-0.3, -0.25) is 0 Å². The summed E-state index contributed by atoms with van der Waals surface area (Å²) in [5, 5.41) is 2.91. The number of hydrogen-bond donors (Lipinski definition) is 2. The second-order valence-electron chi connectivity index (χ2n) is 8.65. The molecular weight excluding hydrogens is 264 g/mol. The SMILES string of the molecule is CC1(C)CCC(C(C)(CN)CNC(=O)OC(C)(C)C)CC1. The summed E-state index contributed by atoms with van der Waals surface area (Å²) in [5.74, 6) is 0.575. The maximum absolute atomic E-state index is 11.8. The Bertz CT molecular complexity index is 350. The molecule has 1 aliphatic carbocycles. The Balaban J connectivity index is 2.54. The maximum atomic E-state index is 11.8. The lowest BCUT2D eigenvalue weighted by Crippen LogP contribution is -2.47. The van der Waals surface area contributed by atoms with Crippen LogP contribution in [0.1, 0.15) is 67.2 Å². The van der Waals surface area contributed by atoms with Gasteiger partial charge in [0.1, 0.15) is 5.60 Å². The summed E-state index contributed by atoms with van der Waals surface area (Å²) in [6.07, 6.45) is 4.51. The number of rotatable bonds is 4. The fourth-order valence-electron chi connectivity index (χ4n) is 3.07. The second kappa shape index (κ2) is 6.55. The zero-order valence-corrected chi connectivity index (χ0v) is 14.7. The summed E-state index contributed by atoms with van der Waals surface area (Å²) in [7, 11) is 0. The van der Waals surface area contributed by atoms with Crippen molar-refractivity contribution < 1.29 is 9.53 Å². The van der Waals surface area contributed by atoms with Crippen molar-refractivity contribution in [2.75, 3.05) is 13.1 Å². The molecule has 1 unspecified atom stereocenters. The number of ether oxygens (including phenoxy) is 1. The Labute approximate surface area is 130 Å². The number of carbonyl (C=O) groups is 1. The van der Waals surface area contributed by atoms with Gasteiger partial charge in [-0.25, -0.2) is 4.79 Å². The molecule has 1 amide bonds. The van der Waals surface area contributed by atoms with Crippen molar-refractivity contribution in [2.24, 2.45) is 22.5 Å². The molecule has 0 heterocycles. The first kappa shape index (κ1) is 18.3. The van der Waals surface area contributed by atoms with E-state index < -0.39 is 5.60 Å². The molecular formula is C17H34N2O2. The molecule has 1 rings (SSSR count). The van der Waals surface area contributed by atoms with E-state index in [1.807, 2.05) is 20.8 Å². The predicted octanol–water partition coefficient (Wildman–Crippen LogP) is 3.69. The van der Waals surface area contributed by atoms with Gasteiger partial charge in [-0.15, -0.1) is 0 Å². The van der Waals surface area contributed by atoms with Crippen LogP contribution in [-0.4, -0.2) is 24.8 Å². The van der Waals surface area contributed by atoms with Gasteiger partial charge in [-0.05, 0) is 64.3 Å². The molecule has 124 valence electrons. The molecule has 3 N–H and O–H groups in total. The highest BCUT2D eigenvalue weighted by Gasteiger charge is 2.38. The number of nitrogens with two attached hydrogens (primary N) is 1. The van der Waals surface area contributed by atoms with E-state index in [0.29, 0.717) is 24.4 Å². The van der Waals surface area contributed by atoms with E-state index in [1.54, 1.807) is 0 Å². The van der Waals surface area contributed by atoms with Crippen LogP contribution < -0.4 is 11.1 Å². The van der Waals surface area contributed by atoms with E-state index in [1.165, 1.54) is 25.7 Å². The summed E-state index contributed by atoms with van der Waals surface area (Å²) >= 11 is 0. The monoisotopic (exact) mass is 298 g/mol. The van der Waals surface area contributed by atoms with E-state index >= 15 is 0 Å². The maximum Gasteiger partial charge on any atom is 0.407 e. The van der Waals surface area contributed by atoms with E-state index in [4.69, 9.17) is 10.5 Å². The molecule has 0 aromatic rings. The second-order valence-corrected chi connectivity index (χ2v) is 8.65. The van der Waals surface area contributed by atoms with Crippen molar-refractivity contribution in [3.05, 3.63) is 0 Å². The zero-order chi connectivity index (χ0) is 16.3. The minimum absolute atomic E-state index is 0.0482. The van der Waals surface area contributed by atoms with Gasteiger partial charge in [0, 0.05) is 12.0 Å². The Hall–Kier alpha value is -0.770. The quantitative estimate of drug-likeness (QED) is 0.832. The van der Waals surface area contributed by atoms with Crippen molar-refractivity contribution in [1.82, 2.24) is 5.32 Å². The minimum atomic E-state index is -0.460. The van der Waals surface area contributed by atoms with Crippen LogP contribution in [0.4, 0.5) is 4.79 Å². The van der Waals surface area contributed by atoms with E-state index in [9.17, 15) is 4.79 Å². The molecule has 1 aliphatic rings. The zero-order valence-electron chi connectivity index (χ0n) is 14.7. The molecule has 4 nitrogen and oxygen atoms in total. The molecule has 1 fully saturated rings. The lowest BCUT2D eigenvalue weighted by atomic mass is 9.64. The average Bonchev–Trinajstić information content (AvgIpc) is 2.34. The Morgan fingerprint density at radius 2 is 1.76 bits per heavy atom. The highest BCUT2D eigenvalue weighted by atomic mass is 16.6. The average molecular weight is 298 g/mol. The highest BCUT2D eigenvalue weighted by molar-refractivity contribution is 5.67. The number of carbonyl (C=O) groups excluding carboxylic acids is 1. The van der Waals surface area contributed by atoms with Crippen LogP contribution in [0.2, 0.25) is 0 Å². The van der Waals surface area contributed by atoms with Crippen molar-refractivity contribution in [2.45, 2.75) is 72.8 Å². The van der Waals surface area contributed by atoms with Gasteiger partial charge in [0.25, 0.3) is 0 Å². The molecule has 1 saturated carbocycles. The molecule has 0 aliphatic heterocycles.